The average molecular weight is 265 g/mol. The number of amides is 1. The first-order chi connectivity index (χ1) is 8.61. The Labute approximate surface area is 109 Å². The lowest BCUT2D eigenvalue weighted by atomic mass is 10.2. The van der Waals surface area contributed by atoms with Crippen molar-refractivity contribution in [3.8, 4) is 0 Å². The fourth-order valence-electron chi connectivity index (χ4n) is 2.06. The summed E-state index contributed by atoms with van der Waals surface area (Å²) in [7, 11) is 0. The Bertz CT molecular complexity index is 471. The van der Waals surface area contributed by atoms with Gasteiger partial charge in [0.05, 0.1) is 4.88 Å². The molecule has 1 amide bonds. The van der Waals surface area contributed by atoms with Gasteiger partial charge in [-0.1, -0.05) is 6.08 Å². The van der Waals surface area contributed by atoms with Crippen LogP contribution in [0, 0.1) is 0 Å². The number of aryl methyl sites for hydroxylation is 2. The Morgan fingerprint density at radius 3 is 2.94 bits per heavy atom. The van der Waals surface area contributed by atoms with Gasteiger partial charge in [-0.3, -0.25) is 4.79 Å². The number of aliphatic carboxylic acids is 1. The molecule has 1 aliphatic rings. The largest absolute Gasteiger partial charge is 0.480 e. The first-order valence-electron chi connectivity index (χ1n) is 5.88. The number of carbonyl (C=O) groups is 2. The summed E-state index contributed by atoms with van der Waals surface area (Å²) >= 11 is 1.47. The molecule has 1 atom stereocenters. The standard InChI is InChI=1S/C13H15NO3S/c1-2-4-9(13(16)17)14-12(15)11-7-8-5-3-6-10(8)18-11/h2,7,9H,1,3-6H2,(H,14,15)(H,16,17). The van der Waals surface area contributed by atoms with Crippen molar-refractivity contribution >= 4 is 23.2 Å². The topological polar surface area (TPSA) is 66.4 Å². The molecule has 1 aliphatic carbocycles. The quantitative estimate of drug-likeness (QED) is 0.800. The molecule has 1 aromatic rings. The number of rotatable bonds is 5. The van der Waals surface area contributed by atoms with E-state index in [2.05, 4.69) is 11.9 Å². The summed E-state index contributed by atoms with van der Waals surface area (Å²) in [5.41, 5.74) is 1.24. The third-order valence-corrected chi connectivity index (χ3v) is 4.21. The molecule has 1 heterocycles. The molecule has 0 bridgehead atoms. The van der Waals surface area contributed by atoms with Gasteiger partial charge in [-0.25, -0.2) is 4.79 Å². The molecule has 1 aromatic heterocycles. The van der Waals surface area contributed by atoms with Crippen LogP contribution in [0.2, 0.25) is 0 Å². The number of hydrogen-bond acceptors (Lipinski definition) is 3. The van der Waals surface area contributed by atoms with Gasteiger partial charge in [-0.15, -0.1) is 17.9 Å². The normalized spacial score (nSPS) is 14.9. The molecule has 0 aromatic carbocycles. The smallest absolute Gasteiger partial charge is 0.326 e. The zero-order valence-corrected chi connectivity index (χ0v) is 10.8. The molecule has 0 fully saturated rings. The van der Waals surface area contributed by atoms with Gasteiger partial charge in [0.2, 0.25) is 0 Å². The van der Waals surface area contributed by atoms with Gasteiger partial charge in [-0.05, 0) is 37.3 Å². The molecule has 2 N–H and O–H groups in total. The molecule has 0 aliphatic heterocycles. The molecular formula is C13H15NO3S. The number of fused-ring (bicyclic) bond motifs is 1. The van der Waals surface area contributed by atoms with Crippen LogP contribution in [-0.2, 0) is 17.6 Å². The number of nitrogens with one attached hydrogen (secondary N) is 1. The van der Waals surface area contributed by atoms with E-state index in [1.807, 2.05) is 6.07 Å². The van der Waals surface area contributed by atoms with Crippen molar-refractivity contribution in [3.63, 3.8) is 0 Å². The highest BCUT2D eigenvalue weighted by Crippen LogP contribution is 2.30. The van der Waals surface area contributed by atoms with Crippen molar-refractivity contribution in [2.45, 2.75) is 31.7 Å². The Kier molecular flexibility index (Phi) is 3.81. The first-order valence-corrected chi connectivity index (χ1v) is 6.69. The Balaban J connectivity index is 2.06. The summed E-state index contributed by atoms with van der Waals surface area (Å²) in [6.07, 6.45) is 4.92. The third-order valence-electron chi connectivity index (χ3n) is 2.98. The fraction of sp³-hybridized carbons (Fsp3) is 0.385. The van der Waals surface area contributed by atoms with Crippen molar-refractivity contribution in [2.24, 2.45) is 0 Å². The predicted molar refractivity (Wildman–Crippen MR) is 70.0 cm³/mol. The van der Waals surface area contributed by atoms with Crippen LogP contribution in [-0.4, -0.2) is 23.0 Å². The van der Waals surface area contributed by atoms with Gasteiger partial charge < -0.3 is 10.4 Å². The maximum absolute atomic E-state index is 11.9. The minimum atomic E-state index is -1.03. The van der Waals surface area contributed by atoms with Gasteiger partial charge in [-0.2, -0.15) is 0 Å². The number of hydrogen-bond donors (Lipinski definition) is 2. The van der Waals surface area contributed by atoms with Crippen molar-refractivity contribution in [3.05, 3.63) is 34.0 Å². The maximum Gasteiger partial charge on any atom is 0.326 e. The summed E-state index contributed by atoms with van der Waals surface area (Å²) in [5.74, 6) is -1.34. The average Bonchev–Trinajstić information content (AvgIpc) is 2.87. The lowest BCUT2D eigenvalue weighted by Crippen LogP contribution is -2.40. The Morgan fingerprint density at radius 1 is 1.56 bits per heavy atom. The molecule has 18 heavy (non-hydrogen) atoms. The van der Waals surface area contributed by atoms with E-state index in [0.29, 0.717) is 4.88 Å². The van der Waals surface area contributed by atoms with E-state index in [9.17, 15) is 9.59 Å². The Morgan fingerprint density at radius 2 is 2.33 bits per heavy atom. The summed E-state index contributed by atoms with van der Waals surface area (Å²) in [6.45, 7) is 3.49. The first kappa shape index (κ1) is 12.8. The molecule has 96 valence electrons. The molecule has 4 nitrogen and oxygen atoms in total. The summed E-state index contributed by atoms with van der Waals surface area (Å²) in [6, 6.07) is 0.988. The van der Waals surface area contributed by atoms with Gasteiger partial charge in [0, 0.05) is 4.88 Å². The van der Waals surface area contributed by atoms with Crippen molar-refractivity contribution in [2.75, 3.05) is 0 Å². The molecule has 5 heteroatoms. The summed E-state index contributed by atoms with van der Waals surface area (Å²) < 4.78 is 0. The monoisotopic (exact) mass is 265 g/mol. The van der Waals surface area contributed by atoms with Crippen molar-refractivity contribution < 1.29 is 14.7 Å². The van der Waals surface area contributed by atoms with Crippen molar-refractivity contribution in [1.82, 2.24) is 5.32 Å². The zero-order valence-electron chi connectivity index (χ0n) is 9.94. The van der Waals surface area contributed by atoms with Crippen LogP contribution < -0.4 is 5.32 Å². The second kappa shape index (κ2) is 5.35. The van der Waals surface area contributed by atoms with Crippen LogP contribution in [0.25, 0.3) is 0 Å². The predicted octanol–water partition coefficient (Wildman–Crippen LogP) is 2.00. The van der Waals surface area contributed by atoms with E-state index in [4.69, 9.17) is 5.11 Å². The number of carboxylic acids is 1. The molecular weight excluding hydrogens is 250 g/mol. The van der Waals surface area contributed by atoms with Crippen molar-refractivity contribution in [1.29, 1.82) is 0 Å². The molecule has 2 rings (SSSR count). The lowest BCUT2D eigenvalue weighted by molar-refractivity contribution is -0.139. The minimum Gasteiger partial charge on any atom is -0.480 e. The number of carbonyl (C=O) groups excluding carboxylic acids is 1. The van der Waals surface area contributed by atoms with Gasteiger partial charge in [0.25, 0.3) is 5.91 Å². The van der Waals surface area contributed by atoms with Gasteiger partial charge >= 0.3 is 5.97 Å². The van der Waals surface area contributed by atoms with Gasteiger partial charge in [0.1, 0.15) is 6.04 Å². The van der Waals surface area contributed by atoms with Gasteiger partial charge in [0.15, 0.2) is 0 Å². The molecule has 0 radical (unpaired) electrons. The Hall–Kier alpha value is -1.62. The minimum absolute atomic E-state index is 0.228. The SMILES string of the molecule is C=CCC(NC(=O)c1cc2c(s1)CCC2)C(=O)O. The zero-order chi connectivity index (χ0) is 13.1. The molecule has 1 unspecified atom stereocenters. The van der Waals surface area contributed by atoms with E-state index >= 15 is 0 Å². The molecule has 0 saturated heterocycles. The highest BCUT2D eigenvalue weighted by atomic mass is 32.1. The number of thiophene rings is 1. The molecule has 0 saturated carbocycles. The van der Waals surface area contributed by atoms with E-state index in [0.717, 1.165) is 19.3 Å². The summed E-state index contributed by atoms with van der Waals surface area (Å²) in [5, 5.41) is 11.5. The van der Waals surface area contributed by atoms with Crippen LogP contribution in [0.4, 0.5) is 0 Å². The lowest BCUT2D eigenvalue weighted by Gasteiger charge is -2.11. The highest BCUT2D eigenvalue weighted by molar-refractivity contribution is 7.14. The van der Waals surface area contributed by atoms with Crippen LogP contribution in [0.3, 0.4) is 0 Å². The maximum atomic E-state index is 11.9. The summed E-state index contributed by atoms with van der Waals surface area (Å²) in [4.78, 5) is 24.7. The highest BCUT2D eigenvalue weighted by Gasteiger charge is 2.22. The van der Waals surface area contributed by atoms with Crippen LogP contribution in [0.15, 0.2) is 18.7 Å². The third kappa shape index (κ3) is 2.61. The second-order valence-electron chi connectivity index (χ2n) is 4.30. The van der Waals surface area contributed by atoms with E-state index < -0.39 is 12.0 Å². The van der Waals surface area contributed by atoms with Crippen LogP contribution >= 0.6 is 11.3 Å². The fourth-order valence-corrected chi connectivity index (χ4v) is 3.22. The van der Waals surface area contributed by atoms with Crippen LogP contribution in [0.5, 0.6) is 0 Å². The van der Waals surface area contributed by atoms with E-state index in [1.165, 1.54) is 27.9 Å². The number of carboxylic acid groups (broad SMARTS) is 1. The molecule has 0 spiro atoms. The van der Waals surface area contributed by atoms with E-state index in [-0.39, 0.29) is 12.3 Å². The second-order valence-corrected chi connectivity index (χ2v) is 5.44. The van der Waals surface area contributed by atoms with Crippen LogP contribution in [0.1, 0.15) is 33.0 Å². The van der Waals surface area contributed by atoms with E-state index in [1.54, 1.807) is 0 Å².